The lowest BCUT2D eigenvalue weighted by molar-refractivity contribution is -0.142. The van der Waals surface area contributed by atoms with Crippen LogP contribution in [-0.4, -0.2) is 25.5 Å². The number of ketones is 1. The van der Waals surface area contributed by atoms with Gasteiger partial charge in [-0.3, -0.25) is 4.79 Å². The Labute approximate surface area is 152 Å². The second kappa shape index (κ2) is 8.49. The summed E-state index contributed by atoms with van der Waals surface area (Å²) in [6.45, 7) is 3.63. The third-order valence-electron chi connectivity index (χ3n) is 3.58. The third kappa shape index (κ3) is 5.19. The molecule has 0 heterocycles. The van der Waals surface area contributed by atoms with Crippen LogP contribution in [0.15, 0.2) is 42.5 Å². The molecule has 0 fully saturated rings. The highest BCUT2D eigenvalue weighted by molar-refractivity contribution is 6.31. The Morgan fingerprint density at radius 2 is 1.80 bits per heavy atom. The highest BCUT2D eigenvalue weighted by Gasteiger charge is 2.09. The third-order valence-corrected chi connectivity index (χ3v) is 3.82. The van der Waals surface area contributed by atoms with Gasteiger partial charge in [0.2, 0.25) is 0 Å². The molecule has 2 aromatic carbocycles. The molecule has 0 saturated carbocycles. The minimum absolute atomic E-state index is 0.121. The van der Waals surface area contributed by atoms with E-state index in [0.29, 0.717) is 16.3 Å². The fraction of sp³-hybridized carbons (Fsp3) is 0.200. The van der Waals surface area contributed by atoms with Gasteiger partial charge < -0.3 is 9.47 Å². The highest BCUT2D eigenvalue weighted by Crippen LogP contribution is 2.25. The summed E-state index contributed by atoms with van der Waals surface area (Å²) in [7, 11) is 1.32. The molecule has 0 aliphatic carbocycles. The first kappa shape index (κ1) is 18.7. The van der Waals surface area contributed by atoms with Crippen LogP contribution in [-0.2, 0) is 9.53 Å². The smallest absolute Gasteiger partial charge is 0.343 e. The molecular formula is C20H19ClO4. The Hall–Kier alpha value is -2.59. The molecule has 0 radical (unpaired) electrons. The molecule has 2 rings (SSSR count). The van der Waals surface area contributed by atoms with Crippen molar-refractivity contribution >= 4 is 29.4 Å². The summed E-state index contributed by atoms with van der Waals surface area (Å²) in [5.41, 5.74) is 3.16. The molecule has 4 nitrogen and oxygen atoms in total. The van der Waals surface area contributed by atoms with Crippen molar-refractivity contribution in [1.82, 2.24) is 0 Å². The lowest BCUT2D eigenvalue weighted by Crippen LogP contribution is -2.13. The van der Waals surface area contributed by atoms with Crippen LogP contribution < -0.4 is 4.74 Å². The second-order valence-electron chi connectivity index (χ2n) is 5.56. The van der Waals surface area contributed by atoms with E-state index < -0.39 is 5.97 Å². The van der Waals surface area contributed by atoms with Crippen LogP contribution in [0.25, 0.3) is 6.08 Å². The van der Waals surface area contributed by atoms with Crippen LogP contribution in [0.2, 0.25) is 5.02 Å². The summed E-state index contributed by atoms with van der Waals surface area (Å²) < 4.78 is 10.1. The quantitative estimate of drug-likeness (QED) is 0.436. The van der Waals surface area contributed by atoms with Crippen molar-refractivity contribution in [1.29, 1.82) is 0 Å². The van der Waals surface area contributed by atoms with Gasteiger partial charge >= 0.3 is 5.97 Å². The predicted molar refractivity (Wildman–Crippen MR) is 98.2 cm³/mol. The number of ether oxygens (including phenoxy) is 2. The van der Waals surface area contributed by atoms with Crippen molar-refractivity contribution in [2.75, 3.05) is 13.7 Å². The number of benzene rings is 2. The number of allylic oxidation sites excluding steroid dienone is 1. The van der Waals surface area contributed by atoms with E-state index in [-0.39, 0.29) is 12.4 Å². The van der Waals surface area contributed by atoms with Crippen molar-refractivity contribution in [3.63, 3.8) is 0 Å². The molecule has 2 aromatic rings. The lowest BCUT2D eigenvalue weighted by Gasteiger charge is -2.12. The molecule has 0 N–H and O–H groups in total. The Balaban J connectivity index is 2.15. The lowest BCUT2D eigenvalue weighted by atomic mass is 10.0. The molecular weight excluding hydrogens is 340 g/mol. The topological polar surface area (TPSA) is 52.6 Å². The van der Waals surface area contributed by atoms with E-state index in [1.807, 2.05) is 26.0 Å². The molecule has 0 aliphatic rings. The number of carbonyl (C=O) groups excluding carboxylic acids is 2. The standard InChI is InChI=1S/C20H19ClO4/c1-13-9-15(10-14(2)20(13)25-12-19(23)24-3)7-8-18(22)16-5-4-6-17(21)11-16/h4-11H,12H2,1-3H3. The summed E-state index contributed by atoms with van der Waals surface area (Å²) in [6.07, 6.45) is 3.25. The van der Waals surface area contributed by atoms with Gasteiger partial charge in [-0.1, -0.05) is 29.8 Å². The maximum Gasteiger partial charge on any atom is 0.343 e. The van der Waals surface area contributed by atoms with E-state index in [1.165, 1.54) is 13.2 Å². The number of carbonyl (C=O) groups is 2. The second-order valence-corrected chi connectivity index (χ2v) is 5.99. The molecule has 0 bridgehead atoms. The molecule has 130 valence electrons. The Morgan fingerprint density at radius 1 is 1.12 bits per heavy atom. The van der Waals surface area contributed by atoms with Gasteiger partial charge in [-0.15, -0.1) is 0 Å². The number of aryl methyl sites for hydroxylation is 2. The molecule has 25 heavy (non-hydrogen) atoms. The number of rotatable bonds is 6. The molecule has 0 unspecified atom stereocenters. The number of methoxy groups -OCH3 is 1. The van der Waals surface area contributed by atoms with Crippen LogP contribution in [0.3, 0.4) is 0 Å². The molecule has 5 heteroatoms. The average molecular weight is 359 g/mol. The average Bonchev–Trinajstić information content (AvgIpc) is 2.58. The van der Waals surface area contributed by atoms with E-state index in [2.05, 4.69) is 4.74 Å². The van der Waals surface area contributed by atoms with E-state index in [4.69, 9.17) is 16.3 Å². The van der Waals surface area contributed by atoms with Gasteiger partial charge in [0.1, 0.15) is 5.75 Å². The maximum absolute atomic E-state index is 12.2. The van der Waals surface area contributed by atoms with Crippen molar-refractivity contribution in [3.8, 4) is 5.75 Å². The molecule has 0 aromatic heterocycles. The maximum atomic E-state index is 12.2. The van der Waals surface area contributed by atoms with E-state index >= 15 is 0 Å². The fourth-order valence-electron chi connectivity index (χ4n) is 2.41. The molecule has 0 spiro atoms. The first-order valence-electron chi connectivity index (χ1n) is 7.69. The molecule has 0 atom stereocenters. The largest absolute Gasteiger partial charge is 0.481 e. The summed E-state index contributed by atoms with van der Waals surface area (Å²) in [5.74, 6) is 0.0856. The van der Waals surface area contributed by atoms with E-state index in [9.17, 15) is 9.59 Å². The fourth-order valence-corrected chi connectivity index (χ4v) is 2.60. The summed E-state index contributed by atoms with van der Waals surface area (Å²) in [6, 6.07) is 10.6. The van der Waals surface area contributed by atoms with E-state index in [1.54, 1.807) is 30.3 Å². The van der Waals surface area contributed by atoms with Gasteiger partial charge in [-0.25, -0.2) is 4.79 Å². The zero-order chi connectivity index (χ0) is 18.4. The Kier molecular flexibility index (Phi) is 6.37. The normalized spacial score (nSPS) is 10.7. The van der Waals surface area contributed by atoms with Crippen LogP contribution in [0, 0.1) is 13.8 Å². The Bertz CT molecular complexity index is 801. The van der Waals surface area contributed by atoms with Crippen LogP contribution in [0.5, 0.6) is 5.75 Å². The van der Waals surface area contributed by atoms with Crippen LogP contribution in [0.4, 0.5) is 0 Å². The first-order chi connectivity index (χ1) is 11.9. The highest BCUT2D eigenvalue weighted by atomic mass is 35.5. The molecule has 0 saturated heterocycles. The summed E-state index contributed by atoms with van der Waals surface area (Å²) >= 11 is 5.90. The first-order valence-corrected chi connectivity index (χ1v) is 8.07. The summed E-state index contributed by atoms with van der Waals surface area (Å²) in [5, 5.41) is 0.526. The van der Waals surface area contributed by atoms with Gasteiger partial charge in [0.25, 0.3) is 0 Å². The number of hydrogen-bond donors (Lipinski definition) is 0. The minimum Gasteiger partial charge on any atom is -0.481 e. The molecule has 0 aliphatic heterocycles. The zero-order valence-electron chi connectivity index (χ0n) is 14.3. The van der Waals surface area contributed by atoms with Gasteiger partial charge in [0.05, 0.1) is 7.11 Å². The van der Waals surface area contributed by atoms with Gasteiger partial charge in [0, 0.05) is 10.6 Å². The number of esters is 1. The summed E-state index contributed by atoms with van der Waals surface area (Å²) in [4.78, 5) is 23.4. The van der Waals surface area contributed by atoms with E-state index in [0.717, 1.165) is 16.7 Å². The van der Waals surface area contributed by atoms with Gasteiger partial charge in [-0.05, 0) is 60.9 Å². The van der Waals surface area contributed by atoms with Crippen LogP contribution in [0.1, 0.15) is 27.0 Å². The van der Waals surface area contributed by atoms with Crippen molar-refractivity contribution in [3.05, 3.63) is 69.8 Å². The predicted octanol–water partition coefficient (Wildman–Crippen LogP) is 4.40. The number of hydrogen-bond acceptors (Lipinski definition) is 4. The monoisotopic (exact) mass is 358 g/mol. The van der Waals surface area contributed by atoms with Gasteiger partial charge in [0.15, 0.2) is 12.4 Å². The van der Waals surface area contributed by atoms with Crippen molar-refractivity contribution in [2.45, 2.75) is 13.8 Å². The van der Waals surface area contributed by atoms with Crippen molar-refractivity contribution in [2.24, 2.45) is 0 Å². The minimum atomic E-state index is -0.435. The van der Waals surface area contributed by atoms with Crippen molar-refractivity contribution < 1.29 is 19.1 Å². The SMILES string of the molecule is COC(=O)COc1c(C)cc(C=CC(=O)c2cccc(Cl)c2)cc1C. The van der Waals surface area contributed by atoms with Crippen LogP contribution >= 0.6 is 11.6 Å². The van der Waals surface area contributed by atoms with Gasteiger partial charge in [-0.2, -0.15) is 0 Å². The Morgan fingerprint density at radius 3 is 2.40 bits per heavy atom. The number of halogens is 1. The zero-order valence-corrected chi connectivity index (χ0v) is 15.1. The molecule has 0 amide bonds.